The highest BCUT2D eigenvalue weighted by Gasteiger charge is 2.11. The number of nitrogens with two attached hydrogens (primary N) is 1. The fourth-order valence-electron chi connectivity index (χ4n) is 2.15. The molecule has 0 spiro atoms. The van der Waals surface area contributed by atoms with Crippen molar-refractivity contribution in [3.8, 4) is 0 Å². The maximum atomic E-state index is 11.7. The molecule has 0 saturated carbocycles. The van der Waals surface area contributed by atoms with Gasteiger partial charge in [-0.2, -0.15) is 0 Å². The second-order valence-corrected chi connectivity index (χ2v) is 4.60. The number of rotatable bonds is 4. The van der Waals surface area contributed by atoms with Gasteiger partial charge in [0, 0.05) is 12.2 Å². The van der Waals surface area contributed by atoms with Gasteiger partial charge in [0.2, 0.25) is 0 Å². The summed E-state index contributed by atoms with van der Waals surface area (Å²) in [7, 11) is 0. The van der Waals surface area contributed by atoms with Crippen molar-refractivity contribution in [2.24, 2.45) is 5.92 Å². The van der Waals surface area contributed by atoms with Gasteiger partial charge >= 0.3 is 5.76 Å². The van der Waals surface area contributed by atoms with Crippen LogP contribution < -0.4 is 11.5 Å². The van der Waals surface area contributed by atoms with Crippen LogP contribution in [0.4, 0.5) is 5.69 Å². The molecular weight excluding hydrogens is 216 g/mol. The molecule has 0 bridgehead atoms. The van der Waals surface area contributed by atoms with Gasteiger partial charge in [-0.3, -0.25) is 4.57 Å². The number of nitrogens with zero attached hydrogens (tertiary/aromatic N) is 1. The van der Waals surface area contributed by atoms with Crippen LogP contribution in [0.25, 0.3) is 11.1 Å². The van der Waals surface area contributed by atoms with Crippen LogP contribution in [0.15, 0.2) is 27.4 Å². The Morgan fingerprint density at radius 3 is 2.94 bits per heavy atom. The first-order valence-corrected chi connectivity index (χ1v) is 6.00. The Balaban J connectivity index is 2.42. The molecule has 0 saturated heterocycles. The molecule has 1 aromatic heterocycles. The van der Waals surface area contributed by atoms with Crippen LogP contribution in [0.5, 0.6) is 0 Å². The zero-order valence-electron chi connectivity index (χ0n) is 10.3. The van der Waals surface area contributed by atoms with E-state index in [2.05, 4.69) is 13.8 Å². The lowest BCUT2D eigenvalue weighted by molar-refractivity contribution is 0.416. The Kier molecular flexibility index (Phi) is 3.22. The quantitative estimate of drug-likeness (QED) is 0.827. The lowest BCUT2D eigenvalue weighted by Crippen LogP contribution is -2.18. The van der Waals surface area contributed by atoms with E-state index in [1.54, 1.807) is 22.8 Å². The van der Waals surface area contributed by atoms with E-state index in [0.29, 0.717) is 23.7 Å². The monoisotopic (exact) mass is 234 g/mol. The molecule has 2 aromatic rings. The summed E-state index contributed by atoms with van der Waals surface area (Å²) in [5, 5.41) is 0. The van der Waals surface area contributed by atoms with E-state index in [1.807, 2.05) is 0 Å². The highest BCUT2D eigenvalue weighted by molar-refractivity contribution is 5.76. The van der Waals surface area contributed by atoms with Crippen LogP contribution in [0.2, 0.25) is 0 Å². The Morgan fingerprint density at radius 2 is 2.24 bits per heavy atom. The van der Waals surface area contributed by atoms with Crippen molar-refractivity contribution in [2.45, 2.75) is 33.2 Å². The van der Waals surface area contributed by atoms with Crippen LogP contribution in [0.1, 0.15) is 26.7 Å². The molecule has 1 heterocycles. The number of benzene rings is 1. The zero-order valence-corrected chi connectivity index (χ0v) is 10.3. The van der Waals surface area contributed by atoms with E-state index >= 15 is 0 Å². The second kappa shape index (κ2) is 4.65. The van der Waals surface area contributed by atoms with Crippen LogP contribution in [0.3, 0.4) is 0 Å². The number of oxazole rings is 1. The maximum absolute atomic E-state index is 11.7. The van der Waals surface area contributed by atoms with Crippen LogP contribution >= 0.6 is 0 Å². The first kappa shape index (κ1) is 11.8. The average Bonchev–Trinajstić information content (AvgIpc) is 2.56. The van der Waals surface area contributed by atoms with E-state index in [1.165, 1.54) is 0 Å². The molecule has 4 heteroatoms. The number of hydrogen-bond acceptors (Lipinski definition) is 3. The summed E-state index contributed by atoms with van der Waals surface area (Å²) >= 11 is 0. The van der Waals surface area contributed by atoms with Gasteiger partial charge in [0.1, 0.15) is 0 Å². The van der Waals surface area contributed by atoms with Gasteiger partial charge < -0.3 is 10.2 Å². The summed E-state index contributed by atoms with van der Waals surface area (Å²) in [5.41, 5.74) is 7.78. The summed E-state index contributed by atoms with van der Waals surface area (Å²) in [5.74, 6) is 0.161. The fraction of sp³-hybridized carbons (Fsp3) is 0.462. The molecule has 2 N–H and O–H groups in total. The molecule has 0 aliphatic carbocycles. The third-order valence-electron chi connectivity index (χ3n) is 2.97. The van der Waals surface area contributed by atoms with E-state index in [4.69, 9.17) is 10.2 Å². The van der Waals surface area contributed by atoms with Crippen molar-refractivity contribution in [1.82, 2.24) is 4.57 Å². The van der Waals surface area contributed by atoms with Crippen molar-refractivity contribution in [3.05, 3.63) is 28.7 Å². The fourth-order valence-corrected chi connectivity index (χ4v) is 2.15. The van der Waals surface area contributed by atoms with Gasteiger partial charge in [0.05, 0.1) is 5.52 Å². The predicted molar refractivity (Wildman–Crippen MR) is 69.0 cm³/mol. The molecule has 1 unspecified atom stereocenters. The summed E-state index contributed by atoms with van der Waals surface area (Å²) in [4.78, 5) is 11.7. The maximum Gasteiger partial charge on any atom is 0.419 e. The van der Waals surface area contributed by atoms with Gasteiger partial charge in [-0.05, 0) is 30.5 Å². The topological polar surface area (TPSA) is 61.2 Å². The molecule has 2 rings (SSSR count). The third-order valence-corrected chi connectivity index (χ3v) is 2.97. The summed E-state index contributed by atoms with van der Waals surface area (Å²) in [6.07, 6.45) is 2.22. The second-order valence-electron chi connectivity index (χ2n) is 4.60. The van der Waals surface area contributed by atoms with E-state index in [9.17, 15) is 4.79 Å². The normalized spacial score (nSPS) is 13.1. The standard InChI is InChI=1S/C13H18N2O2/c1-3-4-9(2)8-15-11-7-10(14)5-6-12(11)17-13(15)16/h5-7,9H,3-4,8,14H2,1-2H3. The largest absolute Gasteiger partial charge is 0.419 e. The van der Waals surface area contributed by atoms with Gasteiger partial charge in [0.15, 0.2) is 5.58 Å². The molecule has 0 aliphatic heterocycles. The zero-order chi connectivity index (χ0) is 12.4. The predicted octanol–water partition coefficient (Wildman–Crippen LogP) is 2.61. The molecule has 0 fully saturated rings. The van der Waals surface area contributed by atoms with Crippen molar-refractivity contribution in [3.63, 3.8) is 0 Å². The van der Waals surface area contributed by atoms with E-state index < -0.39 is 0 Å². The summed E-state index contributed by atoms with van der Waals surface area (Å²) in [6, 6.07) is 5.27. The summed E-state index contributed by atoms with van der Waals surface area (Å²) in [6.45, 7) is 4.97. The van der Waals surface area contributed by atoms with E-state index in [0.717, 1.165) is 18.4 Å². The van der Waals surface area contributed by atoms with Crippen LogP contribution in [-0.4, -0.2) is 4.57 Å². The number of fused-ring (bicyclic) bond motifs is 1. The number of anilines is 1. The van der Waals surface area contributed by atoms with Gasteiger partial charge in [-0.25, -0.2) is 4.79 Å². The van der Waals surface area contributed by atoms with Crippen molar-refractivity contribution in [1.29, 1.82) is 0 Å². The lowest BCUT2D eigenvalue weighted by atomic mass is 10.1. The minimum Gasteiger partial charge on any atom is -0.408 e. The first-order chi connectivity index (χ1) is 8.11. The highest BCUT2D eigenvalue weighted by atomic mass is 16.4. The average molecular weight is 234 g/mol. The minimum atomic E-state index is -0.298. The van der Waals surface area contributed by atoms with Crippen molar-refractivity contribution in [2.75, 3.05) is 5.73 Å². The molecule has 0 radical (unpaired) electrons. The van der Waals surface area contributed by atoms with Crippen LogP contribution in [0, 0.1) is 5.92 Å². The first-order valence-electron chi connectivity index (χ1n) is 6.00. The molecule has 1 atom stereocenters. The Morgan fingerprint density at radius 1 is 1.47 bits per heavy atom. The third kappa shape index (κ3) is 2.35. The molecule has 4 nitrogen and oxygen atoms in total. The Labute approximate surface area is 100 Å². The van der Waals surface area contributed by atoms with Crippen LogP contribution in [-0.2, 0) is 6.54 Å². The number of hydrogen-bond donors (Lipinski definition) is 1. The molecule has 0 aliphatic rings. The molecule has 1 aromatic carbocycles. The minimum absolute atomic E-state index is 0.298. The molecule has 0 amide bonds. The smallest absolute Gasteiger partial charge is 0.408 e. The molecule has 17 heavy (non-hydrogen) atoms. The Bertz CT molecular complexity index is 568. The van der Waals surface area contributed by atoms with Crippen molar-refractivity contribution < 1.29 is 4.42 Å². The number of aromatic nitrogens is 1. The van der Waals surface area contributed by atoms with Crippen molar-refractivity contribution >= 4 is 16.8 Å². The van der Waals surface area contributed by atoms with Gasteiger partial charge in [-0.15, -0.1) is 0 Å². The number of nitrogen functional groups attached to an aromatic ring is 1. The van der Waals surface area contributed by atoms with Gasteiger partial charge in [0.25, 0.3) is 0 Å². The Hall–Kier alpha value is -1.71. The van der Waals surface area contributed by atoms with Gasteiger partial charge in [-0.1, -0.05) is 20.3 Å². The molecular formula is C13H18N2O2. The highest BCUT2D eigenvalue weighted by Crippen LogP contribution is 2.18. The SMILES string of the molecule is CCCC(C)Cn1c(=O)oc2ccc(N)cc21. The van der Waals surface area contributed by atoms with E-state index in [-0.39, 0.29) is 5.76 Å². The lowest BCUT2D eigenvalue weighted by Gasteiger charge is -2.10. The summed E-state index contributed by atoms with van der Waals surface area (Å²) < 4.78 is 6.86. The molecule has 92 valence electrons.